The molecule has 1 fully saturated rings. The number of hydrogen-bond acceptors (Lipinski definition) is 5. The second kappa shape index (κ2) is 7.23. The van der Waals surface area contributed by atoms with Crippen LogP contribution in [-0.2, 0) is 9.59 Å². The molecular weight excluding hydrogens is 302 g/mol. The van der Waals surface area contributed by atoms with Crippen molar-refractivity contribution >= 4 is 17.7 Å². The fourth-order valence-corrected chi connectivity index (χ4v) is 2.49. The molecule has 2 N–H and O–H groups in total. The zero-order valence-corrected chi connectivity index (χ0v) is 12.8. The lowest BCUT2D eigenvalue weighted by molar-refractivity contribution is -0.148. The first kappa shape index (κ1) is 17.0. The summed E-state index contributed by atoms with van der Waals surface area (Å²) in [7, 11) is 0. The Morgan fingerprint density at radius 2 is 1.91 bits per heavy atom. The molecule has 2 atom stereocenters. The molecule has 124 valence electrons. The number of amides is 1. The standard InChI is InChI=1S/C16H19NO6/c1-2-14(19)10-3-5-12(6-4-10)23-9-15(20)17-8-11(18)7-13(17)16(21)22/h3-6,11,13,18H,2,7-9H2,1H3,(H,21,22)/t11-,13+/m1/s1. The Morgan fingerprint density at radius 3 is 2.48 bits per heavy atom. The highest BCUT2D eigenvalue weighted by Gasteiger charge is 2.38. The normalized spacial score (nSPS) is 20.3. The number of β-amino-alcohol motifs (C(OH)–C–C–N with tert-alkyl or cyclic N) is 1. The van der Waals surface area contributed by atoms with Crippen LogP contribution in [0.3, 0.4) is 0 Å². The van der Waals surface area contributed by atoms with Crippen LogP contribution in [0, 0.1) is 0 Å². The number of nitrogens with zero attached hydrogens (tertiary/aromatic N) is 1. The van der Waals surface area contributed by atoms with Gasteiger partial charge in [0.2, 0.25) is 0 Å². The van der Waals surface area contributed by atoms with Gasteiger partial charge in [0.1, 0.15) is 11.8 Å². The monoisotopic (exact) mass is 321 g/mol. The highest BCUT2D eigenvalue weighted by atomic mass is 16.5. The second-order valence-electron chi connectivity index (χ2n) is 5.38. The minimum absolute atomic E-state index is 0.0108. The molecule has 0 unspecified atom stereocenters. The maximum absolute atomic E-state index is 12.1. The zero-order chi connectivity index (χ0) is 17.0. The van der Waals surface area contributed by atoms with Crippen LogP contribution in [0.4, 0.5) is 0 Å². The Hall–Kier alpha value is -2.41. The maximum atomic E-state index is 12.1. The summed E-state index contributed by atoms with van der Waals surface area (Å²) in [6.07, 6.45) is -0.402. The van der Waals surface area contributed by atoms with E-state index in [-0.39, 0.29) is 25.4 Å². The number of carbonyl (C=O) groups is 3. The molecule has 0 saturated carbocycles. The molecule has 0 aromatic heterocycles. The Morgan fingerprint density at radius 1 is 1.26 bits per heavy atom. The zero-order valence-electron chi connectivity index (χ0n) is 12.8. The van der Waals surface area contributed by atoms with E-state index in [0.29, 0.717) is 17.7 Å². The van der Waals surface area contributed by atoms with Crippen molar-refractivity contribution in [3.63, 3.8) is 0 Å². The first-order chi connectivity index (χ1) is 10.9. The topological polar surface area (TPSA) is 104 Å². The van der Waals surface area contributed by atoms with Gasteiger partial charge in [0.25, 0.3) is 5.91 Å². The number of rotatable bonds is 6. The first-order valence-electron chi connectivity index (χ1n) is 7.38. The lowest BCUT2D eigenvalue weighted by Crippen LogP contribution is -2.42. The molecule has 0 radical (unpaired) electrons. The Balaban J connectivity index is 1.93. The number of benzene rings is 1. The summed E-state index contributed by atoms with van der Waals surface area (Å²) in [5.74, 6) is -1.21. The average Bonchev–Trinajstić information content (AvgIpc) is 2.94. The molecule has 7 nitrogen and oxygen atoms in total. The Labute approximate surface area is 133 Å². The molecule has 1 aromatic rings. The summed E-state index contributed by atoms with van der Waals surface area (Å²) in [6, 6.07) is 5.38. The second-order valence-corrected chi connectivity index (χ2v) is 5.38. The number of aliphatic carboxylic acids is 1. The largest absolute Gasteiger partial charge is 0.484 e. The number of ketones is 1. The van der Waals surface area contributed by atoms with Crippen molar-refractivity contribution in [2.45, 2.75) is 31.9 Å². The molecule has 1 saturated heterocycles. The van der Waals surface area contributed by atoms with E-state index in [4.69, 9.17) is 9.84 Å². The van der Waals surface area contributed by atoms with Crippen molar-refractivity contribution in [3.8, 4) is 5.75 Å². The minimum atomic E-state index is -1.14. The third-order valence-corrected chi connectivity index (χ3v) is 3.74. The predicted molar refractivity (Wildman–Crippen MR) is 80.3 cm³/mol. The van der Waals surface area contributed by atoms with E-state index in [1.807, 2.05) is 0 Å². The highest BCUT2D eigenvalue weighted by molar-refractivity contribution is 5.95. The molecular formula is C16H19NO6. The highest BCUT2D eigenvalue weighted by Crippen LogP contribution is 2.19. The number of carboxylic acids is 1. The molecule has 1 aromatic carbocycles. The molecule has 1 amide bonds. The number of likely N-dealkylation sites (tertiary alicyclic amines) is 1. The number of carbonyl (C=O) groups excluding carboxylic acids is 2. The van der Waals surface area contributed by atoms with Crippen molar-refractivity contribution in [2.75, 3.05) is 13.2 Å². The Kier molecular flexibility index (Phi) is 5.33. The smallest absolute Gasteiger partial charge is 0.326 e. The minimum Gasteiger partial charge on any atom is -0.484 e. The van der Waals surface area contributed by atoms with Crippen LogP contribution < -0.4 is 4.74 Å². The molecule has 1 aliphatic rings. The summed E-state index contributed by atoms with van der Waals surface area (Å²) >= 11 is 0. The summed E-state index contributed by atoms with van der Waals surface area (Å²) < 4.78 is 5.33. The van der Waals surface area contributed by atoms with Gasteiger partial charge in [-0.25, -0.2) is 4.79 Å². The molecule has 0 aliphatic carbocycles. The summed E-state index contributed by atoms with van der Waals surface area (Å²) in [5.41, 5.74) is 0.569. The lowest BCUT2D eigenvalue weighted by atomic mass is 10.1. The van der Waals surface area contributed by atoms with Crippen LogP contribution in [0.15, 0.2) is 24.3 Å². The van der Waals surface area contributed by atoms with Crippen LogP contribution in [0.1, 0.15) is 30.1 Å². The van der Waals surface area contributed by atoms with Gasteiger partial charge in [0.15, 0.2) is 12.4 Å². The van der Waals surface area contributed by atoms with E-state index < -0.39 is 24.0 Å². The first-order valence-corrected chi connectivity index (χ1v) is 7.38. The molecule has 1 heterocycles. The summed E-state index contributed by atoms with van der Waals surface area (Å²) in [4.78, 5) is 35.8. The molecule has 23 heavy (non-hydrogen) atoms. The van der Waals surface area contributed by atoms with Gasteiger partial charge in [0.05, 0.1) is 6.10 Å². The molecule has 2 rings (SSSR count). The third-order valence-electron chi connectivity index (χ3n) is 3.74. The van der Waals surface area contributed by atoms with Gasteiger partial charge in [-0.1, -0.05) is 6.92 Å². The van der Waals surface area contributed by atoms with Crippen LogP contribution >= 0.6 is 0 Å². The van der Waals surface area contributed by atoms with Gasteiger partial charge < -0.3 is 19.8 Å². The van der Waals surface area contributed by atoms with Gasteiger partial charge in [-0.15, -0.1) is 0 Å². The average molecular weight is 321 g/mol. The van der Waals surface area contributed by atoms with E-state index in [1.165, 1.54) is 0 Å². The van der Waals surface area contributed by atoms with Gasteiger partial charge in [-0.05, 0) is 24.3 Å². The van der Waals surface area contributed by atoms with Crippen LogP contribution in [0.25, 0.3) is 0 Å². The van der Waals surface area contributed by atoms with Crippen LogP contribution in [0.2, 0.25) is 0 Å². The summed E-state index contributed by atoms with van der Waals surface area (Å²) in [5, 5.41) is 18.6. The molecule has 7 heteroatoms. The van der Waals surface area contributed by atoms with Crippen molar-refractivity contribution in [1.82, 2.24) is 4.90 Å². The number of carboxylic acid groups (broad SMARTS) is 1. The third kappa shape index (κ3) is 4.07. The van der Waals surface area contributed by atoms with Crippen molar-refractivity contribution in [1.29, 1.82) is 0 Å². The number of ether oxygens (including phenoxy) is 1. The van der Waals surface area contributed by atoms with Crippen molar-refractivity contribution in [3.05, 3.63) is 29.8 Å². The van der Waals surface area contributed by atoms with Gasteiger partial charge in [0, 0.05) is 24.9 Å². The molecule has 0 spiro atoms. The SMILES string of the molecule is CCC(=O)c1ccc(OCC(=O)N2C[C@H](O)C[C@H]2C(=O)O)cc1. The van der Waals surface area contributed by atoms with Crippen molar-refractivity contribution in [2.24, 2.45) is 0 Å². The van der Waals surface area contributed by atoms with E-state index in [0.717, 1.165) is 4.90 Å². The van der Waals surface area contributed by atoms with Gasteiger partial charge in [-0.3, -0.25) is 9.59 Å². The van der Waals surface area contributed by atoms with Crippen molar-refractivity contribution < 1.29 is 29.3 Å². The number of hydrogen-bond donors (Lipinski definition) is 2. The van der Waals surface area contributed by atoms with E-state index >= 15 is 0 Å². The fourth-order valence-electron chi connectivity index (χ4n) is 2.49. The summed E-state index contributed by atoms with van der Waals surface area (Å²) in [6.45, 7) is 1.44. The number of Topliss-reactive ketones (excluding diaryl/α,β-unsaturated/α-hetero) is 1. The number of aliphatic hydroxyl groups excluding tert-OH is 1. The predicted octanol–water partition coefficient (Wildman–Crippen LogP) is 0.704. The van der Waals surface area contributed by atoms with E-state index in [2.05, 4.69) is 0 Å². The molecule has 0 bridgehead atoms. The van der Waals surface area contributed by atoms with E-state index in [1.54, 1.807) is 31.2 Å². The lowest BCUT2D eigenvalue weighted by Gasteiger charge is -2.21. The quantitative estimate of drug-likeness (QED) is 0.748. The fraction of sp³-hybridized carbons (Fsp3) is 0.438. The van der Waals surface area contributed by atoms with Gasteiger partial charge >= 0.3 is 5.97 Å². The Bertz CT molecular complexity index is 597. The number of aliphatic hydroxyl groups is 1. The van der Waals surface area contributed by atoms with Gasteiger partial charge in [-0.2, -0.15) is 0 Å². The maximum Gasteiger partial charge on any atom is 0.326 e. The molecule has 1 aliphatic heterocycles. The van der Waals surface area contributed by atoms with Crippen LogP contribution in [0.5, 0.6) is 5.75 Å². The van der Waals surface area contributed by atoms with E-state index in [9.17, 15) is 19.5 Å². The van der Waals surface area contributed by atoms with Crippen LogP contribution in [-0.4, -0.2) is 58.1 Å².